The Hall–Kier alpha value is -1.92. The van der Waals surface area contributed by atoms with Gasteiger partial charge in [0.2, 0.25) is 11.8 Å². The number of amides is 2. The van der Waals surface area contributed by atoms with Crippen LogP contribution in [0.3, 0.4) is 0 Å². The molecule has 2 atom stereocenters. The molecule has 4 aliphatic heterocycles. The van der Waals surface area contributed by atoms with Crippen molar-refractivity contribution in [2.24, 2.45) is 0 Å². The largest absolute Gasteiger partial charge is 0.336 e. The van der Waals surface area contributed by atoms with Gasteiger partial charge in [-0.3, -0.25) is 19.4 Å². The van der Waals surface area contributed by atoms with E-state index in [2.05, 4.69) is 21.9 Å². The van der Waals surface area contributed by atoms with E-state index in [9.17, 15) is 9.59 Å². The number of fused-ring (bicyclic) bond motifs is 2. The second-order valence-corrected chi connectivity index (χ2v) is 8.68. The quantitative estimate of drug-likeness (QED) is 0.788. The average Bonchev–Trinajstić information content (AvgIpc) is 3.37. The maximum Gasteiger partial charge on any atom is 0.240 e. The summed E-state index contributed by atoms with van der Waals surface area (Å²) >= 11 is 0. The van der Waals surface area contributed by atoms with E-state index in [1.165, 1.54) is 11.1 Å². The van der Waals surface area contributed by atoms with Gasteiger partial charge in [-0.15, -0.1) is 0 Å². The number of piperazine rings is 2. The molecule has 0 radical (unpaired) electrons. The molecule has 28 heavy (non-hydrogen) atoms. The maximum absolute atomic E-state index is 12.9. The first-order valence-electron chi connectivity index (χ1n) is 10.8. The van der Waals surface area contributed by atoms with E-state index in [4.69, 9.17) is 0 Å². The van der Waals surface area contributed by atoms with E-state index >= 15 is 0 Å². The molecule has 1 unspecified atom stereocenters. The van der Waals surface area contributed by atoms with Gasteiger partial charge < -0.3 is 9.80 Å². The van der Waals surface area contributed by atoms with Crippen molar-refractivity contribution in [3.63, 3.8) is 0 Å². The van der Waals surface area contributed by atoms with E-state index in [-0.39, 0.29) is 23.9 Å². The zero-order chi connectivity index (χ0) is 19.1. The normalized spacial score (nSPS) is 28.7. The molecule has 0 bridgehead atoms. The van der Waals surface area contributed by atoms with Crippen LogP contribution in [0.25, 0.3) is 0 Å². The third-order valence-corrected chi connectivity index (χ3v) is 7.08. The Bertz CT molecular complexity index is 704. The number of nitrogens with zero attached hydrogens (tertiary/aromatic N) is 4. The van der Waals surface area contributed by atoms with Gasteiger partial charge in [-0.2, -0.15) is 0 Å². The molecule has 4 heterocycles. The number of hydrogen-bond acceptors (Lipinski definition) is 4. The molecule has 1 aromatic carbocycles. The van der Waals surface area contributed by atoms with Crippen LogP contribution < -0.4 is 0 Å². The van der Waals surface area contributed by atoms with Crippen molar-refractivity contribution in [3.05, 3.63) is 35.4 Å². The predicted octanol–water partition coefficient (Wildman–Crippen LogP) is 1.30. The van der Waals surface area contributed by atoms with Gasteiger partial charge in [0.05, 0.1) is 12.1 Å². The van der Waals surface area contributed by atoms with Crippen LogP contribution in [0.4, 0.5) is 0 Å². The van der Waals surface area contributed by atoms with Crippen LogP contribution in [0.5, 0.6) is 0 Å². The van der Waals surface area contributed by atoms with Gasteiger partial charge in [0, 0.05) is 39.3 Å². The maximum atomic E-state index is 12.9. The number of carbonyl (C=O) groups excluding carboxylic acids is 2. The monoisotopic (exact) mass is 382 g/mol. The second-order valence-electron chi connectivity index (χ2n) is 8.68. The van der Waals surface area contributed by atoms with E-state index in [1.807, 2.05) is 21.9 Å². The number of hydrogen-bond donors (Lipinski definition) is 0. The average molecular weight is 383 g/mol. The van der Waals surface area contributed by atoms with Crippen LogP contribution in [0.1, 0.15) is 36.8 Å². The summed E-state index contributed by atoms with van der Waals surface area (Å²) in [4.78, 5) is 34.5. The third kappa shape index (κ3) is 3.22. The minimum atomic E-state index is 0.0953. The second kappa shape index (κ2) is 7.48. The molecule has 4 saturated heterocycles. The molecule has 4 aliphatic rings. The Labute approximate surface area is 167 Å². The van der Waals surface area contributed by atoms with Gasteiger partial charge in [0.15, 0.2) is 0 Å². The van der Waals surface area contributed by atoms with Crippen LogP contribution in [-0.4, -0.2) is 82.8 Å². The van der Waals surface area contributed by atoms with Gasteiger partial charge >= 0.3 is 0 Å². The lowest BCUT2D eigenvalue weighted by molar-refractivity contribution is -0.141. The molecule has 0 spiro atoms. The summed E-state index contributed by atoms with van der Waals surface area (Å²) in [6, 6.07) is 8.54. The molecular formula is C22H30N4O2. The summed E-state index contributed by atoms with van der Waals surface area (Å²) in [5, 5.41) is 0. The summed E-state index contributed by atoms with van der Waals surface area (Å²) in [6.07, 6.45) is 4.26. The van der Waals surface area contributed by atoms with Gasteiger partial charge in [0.25, 0.3) is 0 Å². The molecule has 0 saturated carbocycles. The minimum Gasteiger partial charge on any atom is -0.336 e. The molecule has 0 aromatic heterocycles. The highest BCUT2D eigenvalue weighted by molar-refractivity contribution is 5.83. The lowest BCUT2D eigenvalue weighted by Crippen LogP contribution is -2.54. The molecule has 1 aromatic rings. The third-order valence-electron chi connectivity index (χ3n) is 7.08. The Kier molecular flexibility index (Phi) is 4.85. The summed E-state index contributed by atoms with van der Waals surface area (Å²) in [5.41, 5.74) is 2.37. The zero-order valence-corrected chi connectivity index (χ0v) is 16.6. The topological polar surface area (TPSA) is 47.1 Å². The van der Waals surface area contributed by atoms with Crippen molar-refractivity contribution >= 4 is 11.8 Å². The van der Waals surface area contributed by atoms with Crippen LogP contribution >= 0.6 is 0 Å². The SMILES string of the molecule is O=C1C2CCCN2CCN1Cc1ccccc1CN1CCN2CCC[C@H]2C1=O. The summed E-state index contributed by atoms with van der Waals surface area (Å²) in [7, 11) is 0. The first-order valence-corrected chi connectivity index (χ1v) is 10.8. The Morgan fingerprint density at radius 2 is 1.14 bits per heavy atom. The standard InChI is InChI=1S/C22H30N4O2/c27-21-19-7-3-9-23(19)11-13-25(21)15-17-5-1-2-6-18(17)16-26-14-12-24-10-4-8-20(24)22(26)28/h1-2,5-6,19-20H,3-4,7-16H2/t19-,20?/m0/s1. The van der Waals surface area contributed by atoms with E-state index in [0.717, 1.165) is 65.0 Å². The van der Waals surface area contributed by atoms with Gasteiger partial charge in [-0.25, -0.2) is 0 Å². The molecule has 4 fully saturated rings. The predicted molar refractivity (Wildman–Crippen MR) is 106 cm³/mol. The van der Waals surface area contributed by atoms with E-state index < -0.39 is 0 Å². The van der Waals surface area contributed by atoms with E-state index in [1.54, 1.807) is 0 Å². The van der Waals surface area contributed by atoms with Crippen LogP contribution in [0.2, 0.25) is 0 Å². The first-order chi connectivity index (χ1) is 13.7. The Morgan fingerprint density at radius 3 is 1.61 bits per heavy atom. The van der Waals surface area contributed by atoms with Gasteiger partial charge in [0.1, 0.15) is 0 Å². The molecule has 150 valence electrons. The van der Waals surface area contributed by atoms with Crippen molar-refractivity contribution in [1.82, 2.24) is 19.6 Å². The van der Waals surface area contributed by atoms with Crippen molar-refractivity contribution in [1.29, 1.82) is 0 Å². The van der Waals surface area contributed by atoms with Crippen LogP contribution in [0.15, 0.2) is 24.3 Å². The first kappa shape index (κ1) is 18.1. The highest BCUT2D eigenvalue weighted by atomic mass is 16.2. The van der Waals surface area contributed by atoms with Gasteiger partial charge in [-0.05, 0) is 49.9 Å². The molecule has 2 amide bonds. The summed E-state index contributed by atoms with van der Waals surface area (Å²) in [6.45, 7) is 7.05. The van der Waals surface area contributed by atoms with Crippen molar-refractivity contribution in [2.75, 3.05) is 39.3 Å². The van der Waals surface area contributed by atoms with Gasteiger partial charge in [-0.1, -0.05) is 24.3 Å². The summed E-state index contributed by atoms with van der Waals surface area (Å²) in [5.74, 6) is 0.573. The molecule has 6 heteroatoms. The van der Waals surface area contributed by atoms with Crippen molar-refractivity contribution in [3.8, 4) is 0 Å². The van der Waals surface area contributed by atoms with Crippen LogP contribution in [0, 0.1) is 0 Å². The molecule has 0 aliphatic carbocycles. The Balaban J connectivity index is 1.29. The highest BCUT2D eigenvalue weighted by Crippen LogP contribution is 2.26. The molecule has 0 N–H and O–H groups in total. The van der Waals surface area contributed by atoms with E-state index in [0.29, 0.717) is 13.1 Å². The molecule has 6 nitrogen and oxygen atoms in total. The lowest BCUT2D eigenvalue weighted by atomic mass is 10.0. The van der Waals surface area contributed by atoms with Crippen molar-refractivity contribution in [2.45, 2.75) is 50.9 Å². The van der Waals surface area contributed by atoms with Crippen LogP contribution in [-0.2, 0) is 22.7 Å². The smallest absolute Gasteiger partial charge is 0.240 e. The number of rotatable bonds is 4. The lowest BCUT2D eigenvalue weighted by Gasteiger charge is -2.38. The Morgan fingerprint density at radius 1 is 0.679 bits per heavy atom. The minimum absolute atomic E-state index is 0.0953. The fraction of sp³-hybridized carbons (Fsp3) is 0.636. The molecular weight excluding hydrogens is 352 g/mol. The molecule has 5 rings (SSSR count). The zero-order valence-electron chi connectivity index (χ0n) is 16.6. The highest BCUT2D eigenvalue weighted by Gasteiger charge is 2.39. The van der Waals surface area contributed by atoms with Crippen molar-refractivity contribution < 1.29 is 9.59 Å². The number of carbonyl (C=O) groups is 2. The number of benzene rings is 1. The fourth-order valence-electron chi connectivity index (χ4n) is 5.48. The summed E-state index contributed by atoms with van der Waals surface area (Å²) < 4.78 is 0. The fourth-order valence-corrected chi connectivity index (χ4v) is 5.48.